The molecule has 38 heavy (non-hydrogen) atoms. The van der Waals surface area contributed by atoms with Crippen LogP contribution in [0.3, 0.4) is 0 Å². The van der Waals surface area contributed by atoms with Crippen molar-refractivity contribution in [1.82, 2.24) is 0 Å². The Balaban J connectivity index is 1.41. The Morgan fingerprint density at radius 2 is 1.55 bits per heavy atom. The quantitative estimate of drug-likeness (QED) is 0.178. The Kier molecular flexibility index (Phi) is 8.93. The number of hydrogen-bond acceptors (Lipinski definition) is 2. The summed E-state index contributed by atoms with van der Waals surface area (Å²) in [6, 6.07) is 2.02. The van der Waals surface area contributed by atoms with Gasteiger partial charge in [0.15, 0.2) is 29.1 Å². The van der Waals surface area contributed by atoms with Gasteiger partial charge < -0.3 is 9.47 Å². The summed E-state index contributed by atoms with van der Waals surface area (Å²) in [5.74, 6) is -8.70. The smallest absolute Gasteiger partial charge is 0.429 e. The number of hydrogen-bond donors (Lipinski definition) is 0. The molecule has 1 aliphatic carbocycles. The van der Waals surface area contributed by atoms with Crippen LogP contribution in [0, 0.1) is 40.9 Å². The Morgan fingerprint density at radius 3 is 2.16 bits per heavy atom. The SMILES string of the molecule is CCCCCC1CCC(C2CCC(c3ccc(C(F)(F)Oc4cc(F)c(F)c(F)c4)c(F)c3F)=CO2)CC1. The number of unbranched alkanes of at least 4 members (excludes halogenated alkanes) is 2. The van der Waals surface area contributed by atoms with Gasteiger partial charge in [0.2, 0.25) is 0 Å². The molecule has 1 saturated carbocycles. The fourth-order valence-corrected chi connectivity index (χ4v) is 5.49. The minimum Gasteiger partial charge on any atom is -0.497 e. The Bertz CT molecular complexity index is 1130. The van der Waals surface area contributed by atoms with Gasteiger partial charge in [0.1, 0.15) is 17.4 Å². The van der Waals surface area contributed by atoms with Gasteiger partial charge in [-0.1, -0.05) is 51.5 Å². The van der Waals surface area contributed by atoms with Crippen LogP contribution in [0.4, 0.5) is 30.7 Å². The van der Waals surface area contributed by atoms with Crippen molar-refractivity contribution in [2.45, 2.75) is 83.3 Å². The summed E-state index contributed by atoms with van der Waals surface area (Å²) in [7, 11) is 0. The van der Waals surface area contributed by atoms with Gasteiger partial charge in [-0.2, -0.15) is 8.78 Å². The molecule has 1 fully saturated rings. The van der Waals surface area contributed by atoms with Crippen molar-refractivity contribution in [2.75, 3.05) is 0 Å². The molecule has 2 aliphatic rings. The standard InChI is InChI=1S/C29H31F7O2/c1-2-3-4-5-17-6-8-18(9-7-17)25-13-10-19(16-37-25)21-11-12-22(27(33)26(21)32)29(35,36)38-20-14-23(30)28(34)24(31)15-20/h11-12,14-18,25H,2-10,13H2,1H3. The molecular weight excluding hydrogens is 513 g/mol. The topological polar surface area (TPSA) is 18.5 Å². The second-order valence-electron chi connectivity index (χ2n) is 10.2. The van der Waals surface area contributed by atoms with Gasteiger partial charge in [-0.3, -0.25) is 0 Å². The first-order chi connectivity index (χ1) is 18.1. The van der Waals surface area contributed by atoms with E-state index in [1.807, 2.05) is 0 Å². The number of rotatable bonds is 9. The van der Waals surface area contributed by atoms with E-state index >= 15 is 0 Å². The highest BCUT2D eigenvalue weighted by atomic mass is 19.3. The van der Waals surface area contributed by atoms with E-state index in [-0.39, 0.29) is 23.8 Å². The number of benzene rings is 2. The summed E-state index contributed by atoms with van der Waals surface area (Å²) in [5, 5.41) is 0. The first-order valence-corrected chi connectivity index (χ1v) is 13.2. The van der Waals surface area contributed by atoms with E-state index in [0.29, 0.717) is 30.4 Å². The molecule has 0 N–H and O–H groups in total. The summed E-state index contributed by atoms with van der Waals surface area (Å²) >= 11 is 0. The lowest BCUT2D eigenvalue weighted by Crippen LogP contribution is -2.29. The number of ether oxygens (including phenoxy) is 2. The Labute approximate surface area is 217 Å². The molecule has 9 heteroatoms. The van der Waals surface area contributed by atoms with Crippen molar-refractivity contribution < 1.29 is 40.2 Å². The highest BCUT2D eigenvalue weighted by Gasteiger charge is 2.40. The van der Waals surface area contributed by atoms with Crippen LogP contribution in [0.1, 0.15) is 82.3 Å². The van der Waals surface area contributed by atoms with Crippen LogP contribution in [0.2, 0.25) is 0 Å². The zero-order valence-electron chi connectivity index (χ0n) is 21.2. The van der Waals surface area contributed by atoms with Crippen molar-refractivity contribution in [3.63, 3.8) is 0 Å². The molecule has 1 aliphatic heterocycles. The molecular formula is C29H31F7O2. The Morgan fingerprint density at radius 1 is 0.868 bits per heavy atom. The summed E-state index contributed by atoms with van der Waals surface area (Å²) in [6.45, 7) is 2.19. The normalized spacial score (nSPS) is 22.1. The van der Waals surface area contributed by atoms with Gasteiger partial charge >= 0.3 is 6.11 Å². The largest absolute Gasteiger partial charge is 0.497 e. The third kappa shape index (κ3) is 6.29. The fraction of sp³-hybridized carbons (Fsp3) is 0.517. The molecule has 4 rings (SSSR count). The lowest BCUT2D eigenvalue weighted by atomic mass is 9.76. The van der Waals surface area contributed by atoms with Gasteiger partial charge in [-0.05, 0) is 49.2 Å². The van der Waals surface area contributed by atoms with Crippen LogP contribution >= 0.6 is 0 Å². The van der Waals surface area contributed by atoms with Crippen LogP contribution in [0.5, 0.6) is 5.75 Å². The van der Waals surface area contributed by atoms with E-state index in [4.69, 9.17) is 4.74 Å². The van der Waals surface area contributed by atoms with E-state index in [2.05, 4.69) is 11.7 Å². The second-order valence-corrected chi connectivity index (χ2v) is 10.2. The van der Waals surface area contributed by atoms with Crippen LogP contribution in [0.25, 0.3) is 5.57 Å². The van der Waals surface area contributed by atoms with E-state index in [0.717, 1.165) is 24.8 Å². The van der Waals surface area contributed by atoms with Gasteiger partial charge in [0.05, 0.1) is 6.26 Å². The second kappa shape index (κ2) is 12.0. The van der Waals surface area contributed by atoms with Crippen molar-refractivity contribution in [2.24, 2.45) is 11.8 Å². The average Bonchev–Trinajstić information content (AvgIpc) is 2.89. The monoisotopic (exact) mass is 544 g/mol. The molecule has 0 bridgehead atoms. The minimum absolute atomic E-state index is 0.0169. The molecule has 2 aromatic carbocycles. The van der Waals surface area contributed by atoms with E-state index in [1.54, 1.807) is 0 Å². The van der Waals surface area contributed by atoms with E-state index in [9.17, 15) is 30.7 Å². The maximum absolute atomic E-state index is 14.9. The molecule has 0 aromatic heterocycles. The molecule has 1 heterocycles. The maximum atomic E-state index is 14.9. The lowest BCUT2D eigenvalue weighted by molar-refractivity contribution is -0.188. The average molecular weight is 545 g/mol. The molecule has 1 atom stereocenters. The number of halogens is 7. The van der Waals surface area contributed by atoms with Crippen molar-refractivity contribution >= 4 is 5.57 Å². The summed E-state index contributed by atoms with van der Waals surface area (Å²) in [4.78, 5) is 0. The van der Waals surface area contributed by atoms with Crippen LogP contribution < -0.4 is 4.74 Å². The predicted octanol–water partition coefficient (Wildman–Crippen LogP) is 9.42. The summed E-state index contributed by atoms with van der Waals surface area (Å²) in [5.41, 5.74) is -1.32. The zero-order chi connectivity index (χ0) is 27.4. The van der Waals surface area contributed by atoms with E-state index in [1.165, 1.54) is 44.8 Å². The van der Waals surface area contributed by atoms with Crippen molar-refractivity contribution in [1.29, 1.82) is 0 Å². The van der Waals surface area contributed by atoms with Gasteiger partial charge in [-0.15, -0.1) is 0 Å². The lowest BCUT2D eigenvalue weighted by Gasteiger charge is -2.35. The molecule has 0 amide bonds. The highest BCUT2D eigenvalue weighted by Crippen LogP contribution is 2.41. The van der Waals surface area contributed by atoms with Crippen LogP contribution in [0.15, 0.2) is 30.5 Å². The first kappa shape index (κ1) is 28.3. The third-order valence-electron chi connectivity index (χ3n) is 7.66. The predicted molar refractivity (Wildman–Crippen MR) is 129 cm³/mol. The molecule has 0 saturated heterocycles. The third-order valence-corrected chi connectivity index (χ3v) is 7.66. The zero-order valence-corrected chi connectivity index (χ0v) is 21.2. The highest BCUT2D eigenvalue weighted by molar-refractivity contribution is 5.66. The molecule has 2 aromatic rings. The van der Waals surface area contributed by atoms with Gasteiger partial charge in [0, 0.05) is 17.7 Å². The number of alkyl halides is 2. The first-order valence-electron chi connectivity index (χ1n) is 13.2. The van der Waals surface area contributed by atoms with Crippen LogP contribution in [-0.2, 0) is 10.8 Å². The molecule has 208 valence electrons. The van der Waals surface area contributed by atoms with Gasteiger partial charge in [0.25, 0.3) is 0 Å². The van der Waals surface area contributed by atoms with E-state index < -0.39 is 46.5 Å². The molecule has 0 spiro atoms. The molecule has 0 radical (unpaired) electrons. The maximum Gasteiger partial charge on any atom is 0.429 e. The number of allylic oxidation sites excluding steroid dienone is 1. The van der Waals surface area contributed by atoms with Crippen LogP contribution in [-0.4, -0.2) is 6.10 Å². The Hall–Kier alpha value is -2.71. The minimum atomic E-state index is -4.49. The summed E-state index contributed by atoms with van der Waals surface area (Å²) < 4.78 is 109. The molecule has 1 unspecified atom stereocenters. The van der Waals surface area contributed by atoms with Crippen molar-refractivity contribution in [3.05, 3.63) is 70.7 Å². The molecule has 2 nitrogen and oxygen atoms in total. The van der Waals surface area contributed by atoms with Gasteiger partial charge in [-0.25, -0.2) is 22.0 Å². The fourth-order valence-electron chi connectivity index (χ4n) is 5.49. The summed E-state index contributed by atoms with van der Waals surface area (Å²) in [6.07, 6.45) is 7.36. The van der Waals surface area contributed by atoms with Crippen molar-refractivity contribution in [3.8, 4) is 5.75 Å².